The van der Waals surface area contributed by atoms with Crippen LogP contribution < -0.4 is 4.90 Å². The molecule has 0 aliphatic carbocycles. The summed E-state index contributed by atoms with van der Waals surface area (Å²) in [7, 11) is 0. The molecule has 0 bridgehead atoms. The molecule has 2 aromatic rings. The smallest absolute Gasteiger partial charge is 0.225 e. The minimum Gasteiger partial charge on any atom is -0.341 e. The van der Waals surface area contributed by atoms with Gasteiger partial charge in [0.05, 0.1) is 0 Å². The van der Waals surface area contributed by atoms with Crippen LogP contribution in [0, 0.1) is 5.92 Å². The van der Waals surface area contributed by atoms with Crippen molar-refractivity contribution in [3.05, 3.63) is 48.0 Å². The maximum Gasteiger partial charge on any atom is 0.225 e. The van der Waals surface area contributed by atoms with E-state index in [-0.39, 0.29) is 0 Å². The van der Waals surface area contributed by atoms with E-state index in [1.54, 1.807) is 0 Å². The predicted molar refractivity (Wildman–Crippen MR) is 84.3 cm³/mol. The Morgan fingerprint density at radius 3 is 2.76 bits per heavy atom. The van der Waals surface area contributed by atoms with E-state index in [1.807, 2.05) is 24.7 Å². The van der Waals surface area contributed by atoms with Gasteiger partial charge in [0.15, 0.2) is 0 Å². The van der Waals surface area contributed by atoms with E-state index in [4.69, 9.17) is 0 Å². The molecule has 1 saturated heterocycles. The molecule has 4 nitrogen and oxygen atoms in total. The van der Waals surface area contributed by atoms with Gasteiger partial charge in [0.2, 0.25) is 5.95 Å². The summed E-state index contributed by atoms with van der Waals surface area (Å²) in [5.74, 6) is 1.53. The van der Waals surface area contributed by atoms with Gasteiger partial charge in [0.25, 0.3) is 0 Å². The molecular formula is C17H22N4. The zero-order valence-corrected chi connectivity index (χ0v) is 12.6. The first-order chi connectivity index (χ1) is 10.3. The average molecular weight is 282 g/mol. The van der Waals surface area contributed by atoms with Gasteiger partial charge in [0, 0.05) is 37.4 Å². The molecule has 0 aromatic carbocycles. The van der Waals surface area contributed by atoms with Crippen molar-refractivity contribution in [2.75, 3.05) is 18.0 Å². The summed E-state index contributed by atoms with van der Waals surface area (Å²) in [6, 6.07) is 6.14. The summed E-state index contributed by atoms with van der Waals surface area (Å²) in [6.07, 6.45) is 10.2. The van der Waals surface area contributed by atoms with Crippen molar-refractivity contribution in [1.82, 2.24) is 15.0 Å². The second kappa shape index (κ2) is 6.66. The summed E-state index contributed by atoms with van der Waals surface area (Å²) >= 11 is 0. The average Bonchev–Trinajstić information content (AvgIpc) is 2.98. The van der Waals surface area contributed by atoms with Gasteiger partial charge in [0.1, 0.15) is 0 Å². The topological polar surface area (TPSA) is 41.9 Å². The van der Waals surface area contributed by atoms with Crippen molar-refractivity contribution in [2.24, 2.45) is 5.92 Å². The fraction of sp³-hybridized carbons (Fsp3) is 0.471. The van der Waals surface area contributed by atoms with Crippen LogP contribution in [0.4, 0.5) is 5.95 Å². The lowest BCUT2D eigenvalue weighted by atomic mass is 10.0. The molecule has 1 aliphatic heterocycles. The van der Waals surface area contributed by atoms with E-state index < -0.39 is 0 Å². The minimum absolute atomic E-state index is 0.652. The van der Waals surface area contributed by atoms with Gasteiger partial charge in [-0.3, -0.25) is 4.98 Å². The van der Waals surface area contributed by atoms with E-state index in [2.05, 4.69) is 38.9 Å². The Bertz CT molecular complexity index is 553. The second-order valence-corrected chi connectivity index (χ2v) is 5.77. The van der Waals surface area contributed by atoms with Crippen LogP contribution >= 0.6 is 0 Å². The molecule has 3 heterocycles. The lowest BCUT2D eigenvalue weighted by Gasteiger charge is -2.16. The zero-order chi connectivity index (χ0) is 14.5. The highest BCUT2D eigenvalue weighted by Crippen LogP contribution is 2.23. The highest BCUT2D eigenvalue weighted by molar-refractivity contribution is 5.32. The van der Waals surface area contributed by atoms with Crippen LogP contribution in [0.25, 0.3) is 0 Å². The first-order valence-corrected chi connectivity index (χ1v) is 7.81. The van der Waals surface area contributed by atoms with Crippen molar-refractivity contribution >= 4 is 5.95 Å². The number of aromatic nitrogens is 3. The molecule has 110 valence electrons. The van der Waals surface area contributed by atoms with Crippen molar-refractivity contribution in [2.45, 2.75) is 32.6 Å². The lowest BCUT2D eigenvalue weighted by Crippen LogP contribution is -2.22. The molecule has 1 atom stereocenters. The third-order valence-electron chi connectivity index (χ3n) is 4.02. The van der Waals surface area contributed by atoms with Gasteiger partial charge < -0.3 is 4.90 Å². The largest absolute Gasteiger partial charge is 0.341 e. The van der Waals surface area contributed by atoms with Crippen LogP contribution in [-0.2, 0) is 12.8 Å². The third kappa shape index (κ3) is 3.57. The molecular weight excluding hydrogens is 260 g/mol. The Labute approximate surface area is 126 Å². The van der Waals surface area contributed by atoms with Crippen LogP contribution in [0.5, 0.6) is 0 Å². The van der Waals surface area contributed by atoms with Crippen LogP contribution in [0.15, 0.2) is 36.8 Å². The van der Waals surface area contributed by atoms with Crippen molar-refractivity contribution < 1.29 is 0 Å². The Morgan fingerprint density at radius 2 is 2.05 bits per heavy atom. The molecule has 2 aromatic heterocycles. The second-order valence-electron chi connectivity index (χ2n) is 5.77. The Hall–Kier alpha value is -1.97. The molecule has 0 saturated carbocycles. The molecule has 1 fully saturated rings. The van der Waals surface area contributed by atoms with Crippen molar-refractivity contribution in [1.29, 1.82) is 0 Å². The fourth-order valence-electron chi connectivity index (χ4n) is 2.92. The standard InChI is InChI=1S/C17H22N4/c1-2-5-15-11-19-17(20-12-15)21-9-7-14(13-21)10-16-6-3-4-8-18-16/h3-4,6,8,11-12,14H,2,5,7,9-10,13H2,1H3. The van der Waals surface area contributed by atoms with Gasteiger partial charge in [-0.1, -0.05) is 19.4 Å². The number of rotatable bonds is 5. The molecule has 1 aliphatic rings. The summed E-state index contributed by atoms with van der Waals surface area (Å²) in [4.78, 5) is 15.8. The van der Waals surface area contributed by atoms with Crippen LogP contribution in [-0.4, -0.2) is 28.0 Å². The van der Waals surface area contributed by atoms with E-state index in [1.165, 1.54) is 17.7 Å². The molecule has 0 amide bonds. The SMILES string of the molecule is CCCc1cnc(N2CCC(Cc3ccccn3)C2)nc1. The van der Waals surface area contributed by atoms with E-state index >= 15 is 0 Å². The number of aryl methyl sites for hydroxylation is 1. The van der Waals surface area contributed by atoms with Crippen LogP contribution in [0.3, 0.4) is 0 Å². The normalized spacial score (nSPS) is 18.1. The maximum atomic E-state index is 4.52. The quantitative estimate of drug-likeness (QED) is 0.845. The number of nitrogens with zero attached hydrogens (tertiary/aromatic N) is 4. The third-order valence-corrected chi connectivity index (χ3v) is 4.02. The summed E-state index contributed by atoms with van der Waals surface area (Å²) in [6.45, 7) is 4.25. The summed E-state index contributed by atoms with van der Waals surface area (Å²) in [5.41, 5.74) is 2.41. The van der Waals surface area contributed by atoms with Crippen LogP contribution in [0.1, 0.15) is 31.0 Å². The van der Waals surface area contributed by atoms with Crippen LogP contribution in [0.2, 0.25) is 0 Å². The predicted octanol–water partition coefficient (Wildman–Crippen LogP) is 2.89. The van der Waals surface area contributed by atoms with Gasteiger partial charge in [-0.25, -0.2) is 9.97 Å². The van der Waals surface area contributed by atoms with Gasteiger partial charge in [-0.15, -0.1) is 0 Å². The molecule has 3 rings (SSSR count). The van der Waals surface area contributed by atoms with Gasteiger partial charge in [-0.2, -0.15) is 0 Å². The Balaban J connectivity index is 1.59. The highest BCUT2D eigenvalue weighted by atomic mass is 15.3. The van der Waals surface area contributed by atoms with Crippen molar-refractivity contribution in [3.8, 4) is 0 Å². The van der Waals surface area contributed by atoms with Crippen molar-refractivity contribution in [3.63, 3.8) is 0 Å². The fourth-order valence-corrected chi connectivity index (χ4v) is 2.92. The number of anilines is 1. The molecule has 0 spiro atoms. The summed E-state index contributed by atoms with van der Waals surface area (Å²) < 4.78 is 0. The van der Waals surface area contributed by atoms with Gasteiger partial charge >= 0.3 is 0 Å². The summed E-state index contributed by atoms with van der Waals surface area (Å²) in [5, 5.41) is 0. The molecule has 4 heteroatoms. The van der Waals surface area contributed by atoms with E-state index in [0.717, 1.165) is 38.3 Å². The minimum atomic E-state index is 0.652. The van der Waals surface area contributed by atoms with Gasteiger partial charge in [-0.05, 0) is 42.9 Å². The number of hydrogen-bond donors (Lipinski definition) is 0. The highest BCUT2D eigenvalue weighted by Gasteiger charge is 2.24. The number of hydrogen-bond acceptors (Lipinski definition) is 4. The molecule has 1 unspecified atom stereocenters. The van der Waals surface area contributed by atoms with E-state index in [0.29, 0.717) is 5.92 Å². The monoisotopic (exact) mass is 282 g/mol. The maximum absolute atomic E-state index is 4.52. The zero-order valence-electron chi connectivity index (χ0n) is 12.6. The molecule has 21 heavy (non-hydrogen) atoms. The van der Waals surface area contributed by atoms with E-state index in [9.17, 15) is 0 Å². The Morgan fingerprint density at radius 1 is 1.19 bits per heavy atom. The number of pyridine rings is 1. The molecule has 0 radical (unpaired) electrons. The first kappa shape index (κ1) is 14.0. The Kier molecular flexibility index (Phi) is 4.43. The first-order valence-electron chi connectivity index (χ1n) is 7.81. The molecule has 0 N–H and O–H groups in total. The lowest BCUT2D eigenvalue weighted by molar-refractivity contribution is 0.577.